The lowest BCUT2D eigenvalue weighted by Gasteiger charge is -2.52. The van der Waals surface area contributed by atoms with Gasteiger partial charge in [-0.15, -0.1) is 0 Å². The van der Waals surface area contributed by atoms with Crippen LogP contribution in [0.15, 0.2) is 0 Å². The fraction of sp³-hybridized carbons (Fsp3) is 1.00. The lowest BCUT2D eigenvalue weighted by molar-refractivity contribution is -0.189. The monoisotopic (exact) mass is 250 g/mol. The highest BCUT2D eigenvalue weighted by Crippen LogP contribution is 2.36. The summed E-state index contributed by atoms with van der Waals surface area (Å²) in [6.45, 7) is 8.47. The van der Waals surface area contributed by atoms with E-state index < -0.39 is 12.2 Å². The second kappa shape index (κ2) is 4.12. The standard InChI is InChI=1S/C12H21F3N2/c1-11(2,3)16-7-9(8-16)17-6-4-5-10(17)12(13,14)15/h9-10H,4-8H2,1-3H3/t10-/m0/s1. The molecule has 0 aromatic rings. The van der Waals surface area contributed by atoms with Crippen molar-refractivity contribution in [2.75, 3.05) is 19.6 Å². The van der Waals surface area contributed by atoms with Crippen LogP contribution in [-0.4, -0.2) is 53.2 Å². The zero-order valence-corrected chi connectivity index (χ0v) is 10.7. The van der Waals surface area contributed by atoms with Gasteiger partial charge in [-0.05, 0) is 40.2 Å². The van der Waals surface area contributed by atoms with Crippen molar-refractivity contribution in [1.29, 1.82) is 0 Å². The van der Waals surface area contributed by atoms with E-state index in [1.807, 2.05) is 0 Å². The van der Waals surface area contributed by atoms with Gasteiger partial charge in [0.15, 0.2) is 0 Å². The van der Waals surface area contributed by atoms with E-state index in [1.54, 1.807) is 4.90 Å². The Morgan fingerprint density at radius 3 is 2.12 bits per heavy atom. The zero-order valence-electron chi connectivity index (χ0n) is 10.7. The summed E-state index contributed by atoms with van der Waals surface area (Å²) < 4.78 is 38.4. The Hall–Kier alpha value is -0.290. The fourth-order valence-electron chi connectivity index (χ4n) is 2.79. The number of halogens is 3. The molecular weight excluding hydrogens is 229 g/mol. The molecular formula is C12H21F3N2. The number of nitrogens with zero attached hydrogens (tertiary/aromatic N) is 2. The van der Waals surface area contributed by atoms with Crippen LogP contribution in [0, 0.1) is 0 Å². The molecule has 2 saturated heterocycles. The summed E-state index contributed by atoms with van der Waals surface area (Å²) in [6.07, 6.45) is -3.11. The summed E-state index contributed by atoms with van der Waals surface area (Å²) in [4.78, 5) is 3.91. The molecule has 0 saturated carbocycles. The predicted molar refractivity (Wildman–Crippen MR) is 60.9 cm³/mol. The minimum Gasteiger partial charge on any atom is -0.295 e. The van der Waals surface area contributed by atoms with Gasteiger partial charge in [0.1, 0.15) is 6.04 Å². The van der Waals surface area contributed by atoms with E-state index in [2.05, 4.69) is 25.7 Å². The van der Waals surface area contributed by atoms with Gasteiger partial charge >= 0.3 is 6.18 Å². The van der Waals surface area contributed by atoms with Crippen LogP contribution in [0.5, 0.6) is 0 Å². The molecule has 17 heavy (non-hydrogen) atoms. The van der Waals surface area contributed by atoms with Crippen LogP contribution in [-0.2, 0) is 0 Å². The fourth-order valence-corrected chi connectivity index (χ4v) is 2.79. The first-order chi connectivity index (χ1) is 7.69. The van der Waals surface area contributed by atoms with Gasteiger partial charge in [-0.2, -0.15) is 13.2 Å². The molecule has 2 aliphatic heterocycles. The van der Waals surface area contributed by atoms with E-state index in [-0.39, 0.29) is 18.0 Å². The topological polar surface area (TPSA) is 6.48 Å². The highest BCUT2D eigenvalue weighted by molar-refractivity contribution is 4.99. The molecule has 100 valence electrons. The summed E-state index contributed by atoms with van der Waals surface area (Å²) >= 11 is 0. The van der Waals surface area contributed by atoms with Crippen LogP contribution in [0.3, 0.4) is 0 Å². The highest BCUT2D eigenvalue weighted by atomic mass is 19.4. The Kier molecular flexibility index (Phi) is 3.19. The van der Waals surface area contributed by atoms with Crippen LogP contribution in [0.4, 0.5) is 13.2 Å². The summed E-state index contributed by atoms with van der Waals surface area (Å²) in [7, 11) is 0. The molecule has 2 aliphatic rings. The van der Waals surface area contributed by atoms with Crippen molar-refractivity contribution in [3.8, 4) is 0 Å². The first-order valence-corrected chi connectivity index (χ1v) is 6.27. The van der Waals surface area contributed by atoms with Crippen molar-refractivity contribution < 1.29 is 13.2 Å². The van der Waals surface area contributed by atoms with E-state index in [4.69, 9.17) is 0 Å². The summed E-state index contributed by atoms with van der Waals surface area (Å²) in [5, 5.41) is 0. The third-order valence-electron chi connectivity index (χ3n) is 3.95. The maximum atomic E-state index is 12.8. The van der Waals surface area contributed by atoms with Gasteiger partial charge in [0.25, 0.3) is 0 Å². The Bertz CT molecular complexity index is 276. The van der Waals surface area contributed by atoms with Crippen molar-refractivity contribution in [2.24, 2.45) is 0 Å². The Balaban J connectivity index is 1.93. The molecule has 0 aliphatic carbocycles. The van der Waals surface area contributed by atoms with Gasteiger partial charge in [-0.1, -0.05) is 0 Å². The molecule has 0 aromatic heterocycles. The van der Waals surface area contributed by atoms with E-state index in [0.29, 0.717) is 13.0 Å². The van der Waals surface area contributed by atoms with Crippen LogP contribution in [0.1, 0.15) is 33.6 Å². The molecule has 2 nitrogen and oxygen atoms in total. The molecule has 0 bridgehead atoms. The quantitative estimate of drug-likeness (QED) is 0.705. The third-order valence-corrected chi connectivity index (χ3v) is 3.95. The van der Waals surface area contributed by atoms with Crippen LogP contribution >= 0.6 is 0 Å². The van der Waals surface area contributed by atoms with Gasteiger partial charge in [-0.3, -0.25) is 9.80 Å². The molecule has 2 fully saturated rings. The molecule has 5 heteroatoms. The first-order valence-electron chi connectivity index (χ1n) is 6.27. The number of alkyl halides is 3. The molecule has 0 spiro atoms. The predicted octanol–water partition coefficient (Wildman–Crippen LogP) is 2.50. The molecule has 0 aromatic carbocycles. The van der Waals surface area contributed by atoms with E-state index in [1.165, 1.54) is 0 Å². The van der Waals surface area contributed by atoms with E-state index in [0.717, 1.165) is 13.1 Å². The highest BCUT2D eigenvalue weighted by Gasteiger charge is 2.50. The maximum Gasteiger partial charge on any atom is 0.404 e. The summed E-state index contributed by atoms with van der Waals surface area (Å²) in [5.41, 5.74) is 0.0734. The van der Waals surface area contributed by atoms with Crippen LogP contribution < -0.4 is 0 Å². The molecule has 0 radical (unpaired) electrons. The van der Waals surface area contributed by atoms with Crippen molar-refractivity contribution in [3.63, 3.8) is 0 Å². The van der Waals surface area contributed by atoms with Crippen LogP contribution in [0.2, 0.25) is 0 Å². The maximum absolute atomic E-state index is 12.8. The molecule has 2 rings (SSSR count). The second-order valence-electron chi connectivity index (χ2n) is 6.17. The van der Waals surface area contributed by atoms with Crippen molar-refractivity contribution >= 4 is 0 Å². The van der Waals surface area contributed by atoms with E-state index >= 15 is 0 Å². The van der Waals surface area contributed by atoms with Crippen LogP contribution in [0.25, 0.3) is 0 Å². The Labute approximate surface area is 101 Å². The molecule has 1 atom stereocenters. The Morgan fingerprint density at radius 2 is 1.65 bits per heavy atom. The molecule has 2 heterocycles. The smallest absolute Gasteiger partial charge is 0.295 e. The average Bonchev–Trinajstić information content (AvgIpc) is 2.44. The van der Waals surface area contributed by atoms with E-state index in [9.17, 15) is 13.2 Å². The number of hydrogen-bond donors (Lipinski definition) is 0. The molecule has 0 N–H and O–H groups in total. The van der Waals surface area contributed by atoms with Gasteiger partial charge in [-0.25, -0.2) is 0 Å². The average molecular weight is 250 g/mol. The lowest BCUT2D eigenvalue weighted by Crippen LogP contribution is -2.66. The largest absolute Gasteiger partial charge is 0.404 e. The summed E-state index contributed by atoms with van der Waals surface area (Å²) in [6, 6.07) is -1.10. The second-order valence-corrected chi connectivity index (χ2v) is 6.17. The van der Waals surface area contributed by atoms with Gasteiger partial charge in [0.2, 0.25) is 0 Å². The first kappa shape index (κ1) is 13.1. The third kappa shape index (κ3) is 2.60. The summed E-state index contributed by atoms with van der Waals surface area (Å²) in [5.74, 6) is 0. The molecule has 0 unspecified atom stereocenters. The minimum atomic E-state index is -4.06. The molecule has 0 amide bonds. The lowest BCUT2D eigenvalue weighted by atomic mass is 9.96. The zero-order chi connectivity index (χ0) is 12.8. The normalized spacial score (nSPS) is 29.6. The van der Waals surface area contributed by atoms with Crippen molar-refractivity contribution in [2.45, 2.75) is 57.4 Å². The van der Waals surface area contributed by atoms with Gasteiger partial charge in [0, 0.05) is 24.7 Å². The van der Waals surface area contributed by atoms with Gasteiger partial charge < -0.3 is 0 Å². The van der Waals surface area contributed by atoms with Crippen molar-refractivity contribution in [3.05, 3.63) is 0 Å². The number of likely N-dealkylation sites (tertiary alicyclic amines) is 2. The number of rotatable bonds is 1. The van der Waals surface area contributed by atoms with Gasteiger partial charge in [0.05, 0.1) is 0 Å². The Morgan fingerprint density at radius 1 is 1.06 bits per heavy atom. The van der Waals surface area contributed by atoms with Crippen molar-refractivity contribution in [1.82, 2.24) is 9.80 Å². The SMILES string of the molecule is CC(C)(C)N1CC(N2CCC[C@H]2C(F)(F)F)C1. The minimum absolute atomic E-state index is 0.0734. The number of hydrogen-bond acceptors (Lipinski definition) is 2.